The van der Waals surface area contributed by atoms with Crippen LogP contribution in [0.4, 0.5) is 0 Å². The monoisotopic (exact) mass is 280 g/mol. The van der Waals surface area contributed by atoms with Gasteiger partial charge < -0.3 is 15.0 Å². The third-order valence-corrected chi connectivity index (χ3v) is 5.94. The summed E-state index contributed by atoms with van der Waals surface area (Å²) in [5, 5.41) is 3.97. The molecule has 20 heavy (non-hydrogen) atoms. The van der Waals surface area contributed by atoms with Crippen molar-refractivity contribution in [2.75, 3.05) is 20.2 Å². The topological polar surface area (TPSA) is 24.5 Å². The number of nitrogens with one attached hydrogen (secondary N) is 1. The highest BCUT2D eigenvalue weighted by atomic mass is 16.5. The van der Waals surface area contributed by atoms with Crippen LogP contribution in [0.25, 0.3) is 0 Å². The number of hydrogen-bond acceptors (Lipinski definition) is 3. The minimum Gasteiger partial charge on any atom is -0.375 e. The van der Waals surface area contributed by atoms with Crippen LogP contribution < -0.4 is 5.32 Å². The zero-order valence-electron chi connectivity index (χ0n) is 13.4. The minimum atomic E-state index is 0.241. The first-order chi connectivity index (χ1) is 9.67. The zero-order valence-corrected chi connectivity index (χ0v) is 13.4. The van der Waals surface area contributed by atoms with E-state index in [2.05, 4.69) is 24.2 Å². The van der Waals surface area contributed by atoms with Gasteiger partial charge in [-0.15, -0.1) is 0 Å². The maximum absolute atomic E-state index is 6.22. The van der Waals surface area contributed by atoms with Gasteiger partial charge in [-0.3, -0.25) is 0 Å². The molecule has 116 valence electrons. The Kier molecular flexibility index (Phi) is 4.68. The average molecular weight is 280 g/mol. The van der Waals surface area contributed by atoms with Gasteiger partial charge in [-0.25, -0.2) is 0 Å². The van der Waals surface area contributed by atoms with Crippen LogP contribution in [-0.4, -0.2) is 48.8 Å². The highest BCUT2D eigenvalue weighted by Crippen LogP contribution is 2.38. The molecule has 3 unspecified atom stereocenters. The lowest BCUT2D eigenvalue weighted by molar-refractivity contribution is -0.110. The van der Waals surface area contributed by atoms with Crippen molar-refractivity contribution in [3.63, 3.8) is 0 Å². The maximum Gasteiger partial charge on any atom is 0.0697 e. The molecule has 0 bridgehead atoms. The Morgan fingerprint density at radius 3 is 2.65 bits per heavy atom. The van der Waals surface area contributed by atoms with Gasteiger partial charge >= 0.3 is 0 Å². The molecule has 2 saturated heterocycles. The summed E-state index contributed by atoms with van der Waals surface area (Å²) in [5.74, 6) is 0. The molecule has 1 aliphatic carbocycles. The molecule has 1 spiro atoms. The highest BCUT2D eigenvalue weighted by molar-refractivity contribution is 4.94. The smallest absolute Gasteiger partial charge is 0.0697 e. The number of hydrogen-bond donors (Lipinski definition) is 1. The first-order valence-electron chi connectivity index (χ1n) is 8.77. The van der Waals surface area contributed by atoms with E-state index in [0.29, 0.717) is 6.04 Å². The third kappa shape index (κ3) is 3.37. The van der Waals surface area contributed by atoms with E-state index >= 15 is 0 Å². The molecule has 1 N–H and O–H groups in total. The Morgan fingerprint density at radius 1 is 1.10 bits per heavy atom. The number of rotatable bonds is 2. The molecule has 2 heterocycles. The van der Waals surface area contributed by atoms with Crippen LogP contribution in [0.15, 0.2) is 0 Å². The van der Waals surface area contributed by atoms with Crippen LogP contribution >= 0.6 is 0 Å². The molecule has 1 saturated carbocycles. The van der Waals surface area contributed by atoms with Gasteiger partial charge in [0.25, 0.3) is 0 Å². The minimum absolute atomic E-state index is 0.241. The van der Waals surface area contributed by atoms with E-state index in [9.17, 15) is 0 Å². The summed E-state index contributed by atoms with van der Waals surface area (Å²) in [7, 11) is 2.26. The average Bonchev–Trinajstić information content (AvgIpc) is 2.44. The largest absolute Gasteiger partial charge is 0.375 e. The molecule has 3 heteroatoms. The maximum atomic E-state index is 6.22. The van der Waals surface area contributed by atoms with E-state index in [1.165, 1.54) is 64.3 Å². The summed E-state index contributed by atoms with van der Waals surface area (Å²) in [6, 6.07) is 2.15. The summed E-state index contributed by atoms with van der Waals surface area (Å²) in [6.07, 6.45) is 11.8. The van der Waals surface area contributed by atoms with Crippen LogP contribution in [0, 0.1) is 0 Å². The molecule has 2 aliphatic heterocycles. The standard InChI is InChI=1S/C17H32N2O/c1-14-12-15(6-10-19(14)2)18-16-7-11-20-17(13-16)8-4-3-5-9-17/h14-16,18H,3-13H2,1-2H3. The molecule has 0 aromatic heterocycles. The van der Waals surface area contributed by atoms with E-state index in [0.717, 1.165) is 18.7 Å². The highest BCUT2D eigenvalue weighted by Gasteiger charge is 2.39. The fourth-order valence-electron chi connectivity index (χ4n) is 4.49. The predicted molar refractivity (Wildman–Crippen MR) is 83.0 cm³/mol. The second kappa shape index (κ2) is 6.33. The summed E-state index contributed by atoms with van der Waals surface area (Å²) in [5.41, 5.74) is 0.241. The van der Waals surface area contributed by atoms with Gasteiger partial charge in [0.05, 0.1) is 5.60 Å². The SMILES string of the molecule is CC1CC(NC2CCOC3(CCCCC3)C2)CCN1C. The van der Waals surface area contributed by atoms with Crippen LogP contribution in [0.1, 0.15) is 64.7 Å². The zero-order chi connectivity index (χ0) is 14.0. The van der Waals surface area contributed by atoms with Gasteiger partial charge in [0.1, 0.15) is 0 Å². The molecule has 0 amide bonds. The van der Waals surface area contributed by atoms with Crippen LogP contribution in [-0.2, 0) is 4.74 Å². The molecular weight excluding hydrogens is 248 g/mol. The number of nitrogens with zero attached hydrogens (tertiary/aromatic N) is 1. The second-order valence-electron chi connectivity index (χ2n) is 7.50. The molecule has 3 atom stereocenters. The van der Waals surface area contributed by atoms with Crippen molar-refractivity contribution in [2.45, 2.75) is 88.4 Å². The van der Waals surface area contributed by atoms with Crippen molar-refractivity contribution >= 4 is 0 Å². The van der Waals surface area contributed by atoms with Crippen molar-refractivity contribution in [3.8, 4) is 0 Å². The van der Waals surface area contributed by atoms with E-state index in [1.807, 2.05) is 0 Å². The second-order valence-corrected chi connectivity index (χ2v) is 7.50. The Morgan fingerprint density at radius 2 is 1.90 bits per heavy atom. The molecule has 3 nitrogen and oxygen atoms in total. The van der Waals surface area contributed by atoms with E-state index in [-0.39, 0.29) is 5.60 Å². The molecule has 0 aromatic rings. The van der Waals surface area contributed by atoms with Crippen LogP contribution in [0.3, 0.4) is 0 Å². The number of piperidine rings is 1. The van der Waals surface area contributed by atoms with Crippen molar-refractivity contribution in [2.24, 2.45) is 0 Å². The Hall–Kier alpha value is -0.120. The van der Waals surface area contributed by atoms with E-state index in [4.69, 9.17) is 4.74 Å². The lowest BCUT2D eigenvalue weighted by Crippen LogP contribution is -2.53. The van der Waals surface area contributed by atoms with Gasteiger partial charge in [-0.2, -0.15) is 0 Å². The van der Waals surface area contributed by atoms with Crippen molar-refractivity contribution < 1.29 is 4.74 Å². The fourth-order valence-corrected chi connectivity index (χ4v) is 4.49. The number of likely N-dealkylation sites (tertiary alicyclic amines) is 1. The summed E-state index contributed by atoms with van der Waals surface area (Å²) < 4.78 is 6.22. The van der Waals surface area contributed by atoms with Gasteiger partial charge in [0.15, 0.2) is 0 Å². The van der Waals surface area contributed by atoms with Crippen LogP contribution in [0.5, 0.6) is 0 Å². The normalized spacial score (nSPS) is 39.0. The molecule has 0 radical (unpaired) electrons. The Bertz CT molecular complexity index is 309. The Balaban J connectivity index is 1.52. The lowest BCUT2D eigenvalue weighted by Gasteiger charge is -2.45. The van der Waals surface area contributed by atoms with Gasteiger partial charge in [-0.05, 0) is 59.0 Å². The van der Waals surface area contributed by atoms with Gasteiger partial charge in [0.2, 0.25) is 0 Å². The summed E-state index contributed by atoms with van der Waals surface area (Å²) >= 11 is 0. The van der Waals surface area contributed by atoms with Crippen molar-refractivity contribution in [1.29, 1.82) is 0 Å². The molecule has 3 fully saturated rings. The number of ether oxygens (including phenoxy) is 1. The van der Waals surface area contributed by atoms with Crippen molar-refractivity contribution in [3.05, 3.63) is 0 Å². The first kappa shape index (κ1) is 14.8. The fraction of sp³-hybridized carbons (Fsp3) is 1.00. The van der Waals surface area contributed by atoms with Gasteiger partial charge in [-0.1, -0.05) is 19.3 Å². The first-order valence-corrected chi connectivity index (χ1v) is 8.77. The Labute approximate surface area is 124 Å². The molecule has 0 aromatic carbocycles. The lowest BCUT2D eigenvalue weighted by atomic mass is 9.78. The molecular formula is C17H32N2O. The van der Waals surface area contributed by atoms with Gasteiger partial charge in [0, 0.05) is 24.7 Å². The summed E-state index contributed by atoms with van der Waals surface area (Å²) in [4.78, 5) is 2.49. The third-order valence-electron chi connectivity index (χ3n) is 5.94. The van der Waals surface area contributed by atoms with Crippen molar-refractivity contribution in [1.82, 2.24) is 10.2 Å². The predicted octanol–water partition coefficient (Wildman–Crippen LogP) is 2.94. The van der Waals surface area contributed by atoms with E-state index < -0.39 is 0 Å². The summed E-state index contributed by atoms with van der Waals surface area (Å²) in [6.45, 7) is 4.58. The molecule has 3 rings (SSSR count). The van der Waals surface area contributed by atoms with E-state index in [1.54, 1.807) is 0 Å². The van der Waals surface area contributed by atoms with Crippen LogP contribution in [0.2, 0.25) is 0 Å². The molecule has 3 aliphatic rings. The quantitative estimate of drug-likeness (QED) is 0.841.